The summed E-state index contributed by atoms with van der Waals surface area (Å²) in [5, 5.41) is 5.77. The highest BCUT2D eigenvalue weighted by Gasteiger charge is 2.13. The molecule has 1 aromatic rings. The molecule has 0 amide bonds. The predicted molar refractivity (Wildman–Crippen MR) is 72.5 cm³/mol. The average Bonchev–Trinajstić information content (AvgIpc) is 2.89. The van der Waals surface area contributed by atoms with E-state index in [4.69, 9.17) is 0 Å². The summed E-state index contributed by atoms with van der Waals surface area (Å²) in [6, 6.07) is 0.812. The minimum absolute atomic E-state index is 0.812. The molecule has 16 heavy (non-hydrogen) atoms. The zero-order chi connectivity index (χ0) is 11.2. The molecule has 0 unspecified atom stereocenters. The Morgan fingerprint density at radius 1 is 1.50 bits per heavy atom. The SMILES string of the molecule is Cc1csc(SCCCNC2CCCC2)n1. The van der Waals surface area contributed by atoms with Gasteiger partial charge in [0.15, 0.2) is 0 Å². The summed E-state index contributed by atoms with van der Waals surface area (Å²) in [4.78, 5) is 4.45. The van der Waals surface area contributed by atoms with Gasteiger partial charge in [-0.05, 0) is 32.7 Å². The highest BCUT2D eigenvalue weighted by Crippen LogP contribution is 2.23. The van der Waals surface area contributed by atoms with Crippen LogP contribution in [0.2, 0.25) is 0 Å². The van der Waals surface area contributed by atoms with Gasteiger partial charge >= 0.3 is 0 Å². The van der Waals surface area contributed by atoms with Crippen molar-refractivity contribution in [2.45, 2.75) is 49.4 Å². The van der Waals surface area contributed by atoms with E-state index in [1.54, 1.807) is 11.3 Å². The molecule has 1 aliphatic carbocycles. The molecule has 1 N–H and O–H groups in total. The van der Waals surface area contributed by atoms with Crippen molar-refractivity contribution in [1.82, 2.24) is 10.3 Å². The van der Waals surface area contributed by atoms with Crippen molar-refractivity contribution in [2.75, 3.05) is 12.3 Å². The van der Waals surface area contributed by atoms with E-state index in [-0.39, 0.29) is 0 Å². The quantitative estimate of drug-likeness (QED) is 0.623. The van der Waals surface area contributed by atoms with Crippen molar-refractivity contribution in [2.24, 2.45) is 0 Å². The van der Waals surface area contributed by atoms with E-state index in [9.17, 15) is 0 Å². The molecule has 1 aliphatic rings. The third kappa shape index (κ3) is 4.07. The predicted octanol–water partition coefficient (Wildman–Crippen LogP) is 3.47. The van der Waals surface area contributed by atoms with E-state index >= 15 is 0 Å². The van der Waals surface area contributed by atoms with Crippen LogP contribution in [0.1, 0.15) is 37.8 Å². The van der Waals surface area contributed by atoms with E-state index in [0.717, 1.165) is 11.7 Å². The summed E-state index contributed by atoms with van der Waals surface area (Å²) in [5.74, 6) is 1.19. The first-order valence-electron chi connectivity index (χ1n) is 6.13. The highest BCUT2D eigenvalue weighted by atomic mass is 32.2. The Hall–Kier alpha value is -0.0600. The average molecular weight is 256 g/mol. The maximum absolute atomic E-state index is 4.45. The van der Waals surface area contributed by atoms with Gasteiger partial charge < -0.3 is 5.32 Å². The molecular formula is C12H20N2S2. The van der Waals surface area contributed by atoms with Crippen LogP contribution in [0.15, 0.2) is 9.72 Å². The monoisotopic (exact) mass is 256 g/mol. The molecule has 90 valence electrons. The van der Waals surface area contributed by atoms with Crippen LogP contribution in [-0.2, 0) is 0 Å². The van der Waals surface area contributed by atoms with Crippen LogP contribution in [-0.4, -0.2) is 23.3 Å². The van der Waals surface area contributed by atoms with E-state index in [1.807, 2.05) is 11.8 Å². The second kappa shape index (κ2) is 6.62. The molecule has 1 heterocycles. The fourth-order valence-electron chi connectivity index (χ4n) is 2.07. The van der Waals surface area contributed by atoms with E-state index in [1.165, 1.54) is 48.7 Å². The molecule has 0 saturated heterocycles. The number of aryl methyl sites for hydroxylation is 1. The number of hydrogen-bond donors (Lipinski definition) is 1. The van der Waals surface area contributed by atoms with Crippen LogP contribution in [0, 0.1) is 6.92 Å². The number of rotatable bonds is 6. The summed E-state index contributed by atoms with van der Waals surface area (Å²) in [5.41, 5.74) is 1.15. The number of nitrogens with one attached hydrogen (secondary N) is 1. The minimum Gasteiger partial charge on any atom is -0.314 e. The first-order valence-corrected chi connectivity index (χ1v) is 7.99. The van der Waals surface area contributed by atoms with E-state index < -0.39 is 0 Å². The molecule has 4 heteroatoms. The third-order valence-corrected chi connectivity index (χ3v) is 5.16. The lowest BCUT2D eigenvalue weighted by Gasteiger charge is -2.10. The van der Waals surface area contributed by atoms with Gasteiger partial charge in [0.1, 0.15) is 4.34 Å². The molecule has 1 saturated carbocycles. The lowest BCUT2D eigenvalue weighted by Crippen LogP contribution is -2.27. The summed E-state index contributed by atoms with van der Waals surface area (Å²) in [6.07, 6.45) is 6.87. The van der Waals surface area contributed by atoms with Crippen molar-refractivity contribution in [3.05, 3.63) is 11.1 Å². The van der Waals surface area contributed by atoms with Crippen LogP contribution < -0.4 is 5.32 Å². The van der Waals surface area contributed by atoms with Crippen LogP contribution in [0.25, 0.3) is 0 Å². The Balaban J connectivity index is 1.51. The lowest BCUT2D eigenvalue weighted by molar-refractivity contribution is 0.525. The Kier molecular flexibility index (Phi) is 5.13. The highest BCUT2D eigenvalue weighted by molar-refractivity contribution is 8.00. The van der Waals surface area contributed by atoms with Gasteiger partial charge in [-0.1, -0.05) is 24.6 Å². The summed E-state index contributed by atoms with van der Waals surface area (Å²) in [7, 11) is 0. The Bertz CT molecular complexity index is 306. The normalized spacial score (nSPS) is 17.1. The van der Waals surface area contributed by atoms with Gasteiger partial charge in [-0.3, -0.25) is 0 Å². The van der Waals surface area contributed by atoms with Crippen molar-refractivity contribution >= 4 is 23.1 Å². The lowest BCUT2D eigenvalue weighted by atomic mass is 10.2. The smallest absolute Gasteiger partial charge is 0.150 e. The molecule has 0 aliphatic heterocycles. The van der Waals surface area contributed by atoms with Gasteiger partial charge in [0, 0.05) is 22.9 Å². The summed E-state index contributed by atoms with van der Waals surface area (Å²) in [6.45, 7) is 3.23. The van der Waals surface area contributed by atoms with E-state index in [0.29, 0.717) is 0 Å². The molecule has 2 nitrogen and oxygen atoms in total. The summed E-state index contributed by atoms with van der Waals surface area (Å²) >= 11 is 3.66. The summed E-state index contributed by atoms with van der Waals surface area (Å²) < 4.78 is 1.22. The van der Waals surface area contributed by atoms with E-state index in [2.05, 4.69) is 22.6 Å². The number of hydrogen-bond acceptors (Lipinski definition) is 4. The molecule has 1 aromatic heterocycles. The Morgan fingerprint density at radius 3 is 3.00 bits per heavy atom. The third-order valence-electron chi connectivity index (χ3n) is 2.93. The van der Waals surface area contributed by atoms with Crippen LogP contribution in [0.5, 0.6) is 0 Å². The molecule has 2 rings (SSSR count). The van der Waals surface area contributed by atoms with Crippen LogP contribution >= 0.6 is 23.1 Å². The van der Waals surface area contributed by atoms with Gasteiger partial charge in [0.25, 0.3) is 0 Å². The first kappa shape index (κ1) is 12.4. The largest absolute Gasteiger partial charge is 0.314 e. The Morgan fingerprint density at radius 2 is 2.31 bits per heavy atom. The standard InChI is InChI=1S/C12H20N2S2/c1-10-9-16-12(14-10)15-8-4-7-13-11-5-2-3-6-11/h9,11,13H,2-8H2,1H3. The molecule has 0 radical (unpaired) electrons. The second-order valence-corrected chi connectivity index (χ2v) is 6.59. The molecule has 0 atom stereocenters. The fourth-order valence-corrected chi connectivity index (χ4v) is 3.93. The van der Waals surface area contributed by atoms with Crippen LogP contribution in [0.3, 0.4) is 0 Å². The maximum atomic E-state index is 4.45. The van der Waals surface area contributed by atoms with Crippen molar-refractivity contribution in [1.29, 1.82) is 0 Å². The number of nitrogens with zero attached hydrogens (tertiary/aromatic N) is 1. The molecular weight excluding hydrogens is 236 g/mol. The van der Waals surface area contributed by atoms with Crippen molar-refractivity contribution in [3.63, 3.8) is 0 Å². The van der Waals surface area contributed by atoms with Crippen LogP contribution in [0.4, 0.5) is 0 Å². The van der Waals surface area contributed by atoms with Gasteiger partial charge in [-0.2, -0.15) is 0 Å². The zero-order valence-electron chi connectivity index (χ0n) is 9.87. The number of thioether (sulfide) groups is 1. The van der Waals surface area contributed by atoms with Crippen molar-refractivity contribution in [3.8, 4) is 0 Å². The molecule has 1 fully saturated rings. The van der Waals surface area contributed by atoms with Gasteiger partial charge in [0.05, 0.1) is 0 Å². The van der Waals surface area contributed by atoms with Crippen molar-refractivity contribution < 1.29 is 0 Å². The van der Waals surface area contributed by atoms with Gasteiger partial charge in [-0.15, -0.1) is 11.3 Å². The minimum atomic E-state index is 0.812. The van der Waals surface area contributed by atoms with Gasteiger partial charge in [0.2, 0.25) is 0 Å². The topological polar surface area (TPSA) is 24.9 Å². The molecule has 0 spiro atoms. The number of thiazole rings is 1. The first-order chi connectivity index (χ1) is 7.84. The number of aromatic nitrogens is 1. The fraction of sp³-hybridized carbons (Fsp3) is 0.750. The molecule has 0 aromatic carbocycles. The second-order valence-electron chi connectivity index (χ2n) is 4.39. The molecule has 0 bridgehead atoms. The zero-order valence-corrected chi connectivity index (χ0v) is 11.5. The van der Waals surface area contributed by atoms with Gasteiger partial charge in [-0.25, -0.2) is 4.98 Å². The maximum Gasteiger partial charge on any atom is 0.150 e. The Labute approximate surface area is 106 Å².